The molecule has 1 aromatic heterocycles. The number of hydrogen-bond donors (Lipinski definition) is 1. The highest BCUT2D eigenvalue weighted by atomic mass is 16.5. The van der Waals surface area contributed by atoms with Gasteiger partial charge in [-0.2, -0.15) is 0 Å². The Balaban J connectivity index is 1.76. The van der Waals surface area contributed by atoms with E-state index in [1.807, 2.05) is 19.1 Å². The second-order valence-electron chi connectivity index (χ2n) is 5.45. The van der Waals surface area contributed by atoms with Crippen molar-refractivity contribution in [1.29, 1.82) is 0 Å². The molecule has 0 spiro atoms. The van der Waals surface area contributed by atoms with Gasteiger partial charge in [0.15, 0.2) is 0 Å². The van der Waals surface area contributed by atoms with Crippen molar-refractivity contribution in [2.24, 2.45) is 0 Å². The summed E-state index contributed by atoms with van der Waals surface area (Å²) in [5, 5.41) is 3.48. The summed E-state index contributed by atoms with van der Waals surface area (Å²) >= 11 is 0. The molecule has 1 aliphatic rings. The lowest BCUT2D eigenvalue weighted by Gasteiger charge is -2.19. The van der Waals surface area contributed by atoms with Gasteiger partial charge in [0.05, 0.1) is 7.11 Å². The largest absolute Gasteiger partial charge is 0.497 e. The number of aryl methyl sites for hydroxylation is 2. The third kappa shape index (κ3) is 3.15. The van der Waals surface area contributed by atoms with Gasteiger partial charge in [0.25, 0.3) is 0 Å². The number of nitrogens with one attached hydrogen (secondary N) is 1. The van der Waals surface area contributed by atoms with Gasteiger partial charge in [-0.1, -0.05) is 12.1 Å². The minimum atomic E-state index is 0.771. The molecule has 21 heavy (non-hydrogen) atoms. The average molecular weight is 283 g/mol. The number of nitrogens with zero attached hydrogens (tertiary/aromatic N) is 2. The Hall–Kier alpha value is -2.10. The highest BCUT2D eigenvalue weighted by Gasteiger charge is 2.16. The highest BCUT2D eigenvalue weighted by molar-refractivity contribution is 5.48. The molecule has 0 saturated heterocycles. The summed E-state index contributed by atoms with van der Waals surface area (Å²) < 4.78 is 5.18. The molecule has 1 N–H and O–H groups in total. The van der Waals surface area contributed by atoms with Gasteiger partial charge >= 0.3 is 0 Å². The van der Waals surface area contributed by atoms with Crippen LogP contribution in [0.1, 0.15) is 35.5 Å². The smallest absolute Gasteiger partial charge is 0.133 e. The van der Waals surface area contributed by atoms with E-state index in [1.165, 1.54) is 29.7 Å². The molecule has 0 amide bonds. The van der Waals surface area contributed by atoms with Crippen molar-refractivity contribution in [3.8, 4) is 5.75 Å². The number of anilines is 1. The van der Waals surface area contributed by atoms with Crippen molar-refractivity contribution in [2.45, 2.75) is 39.2 Å². The second kappa shape index (κ2) is 6.12. The first-order valence-electron chi connectivity index (χ1n) is 7.49. The number of aromatic nitrogens is 2. The van der Waals surface area contributed by atoms with E-state index in [1.54, 1.807) is 7.11 Å². The van der Waals surface area contributed by atoms with E-state index in [-0.39, 0.29) is 0 Å². The van der Waals surface area contributed by atoms with E-state index in [4.69, 9.17) is 4.74 Å². The fraction of sp³-hybridized carbons (Fsp3) is 0.412. The maximum Gasteiger partial charge on any atom is 0.133 e. The van der Waals surface area contributed by atoms with Crippen molar-refractivity contribution < 1.29 is 4.74 Å². The molecule has 1 aromatic carbocycles. The van der Waals surface area contributed by atoms with E-state index in [9.17, 15) is 0 Å². The first-order chi connectivity index (χ1) is 10.3. The molecule has 0 bridgehead atoms. The summed E-state index contributed by atoms with van der Waals surface area (Å²) in [5.74, 6) is 2.75. The monoisotopic (exact) mass is 283 g/mol. The van der Waals surface area contributed by atoms with Crippen molar-refractivity contribution in [3.63, 3.8) is 0 Å². The third-order valence-electron chi connectivity index (χ3n) is 3.91. The molecule has 0 atom stereocenters. The molecule has 0 aliphatic heterocycles. The molecule has 0 radical (unpaired) electrons. The van der Waals surface area contributed by atoms with Gasteiger partial charge in [-0.25, -0.2) is 9.97 Å². The van der Waals surface area contributed by atoms with Gasteiger partial charge in [-0.15, -0.1) is 0 Å². The third-order valence-corrected chi connectivity index (χ3v) is 3.91. The minimum absolute atomic E-state index is 0.771. The van der Waals surface area contributed by atoms with Crippen molar-refractivity contribution >= 4 is 5.82 Å². The molecular formula is C17H21N3O. The van der Waals surface area contributed by atoms with Crippen LogP contribution in [-0.2, 0) is 19.4 Å². The Kier molecular flexibility index (Phi) is 4.04. The molecule has 110 valence electrons. The fourth-order valence-corrected chi connectivity index (χ4v) is 2.79. The lowest BCUT2D eigenvalue weighted by atomic mass is 9.96. The standard InChI is InChI=1S/C17H21N3O/c1-12-19-16-6-4-3-5-15(16)17(20-12)18-11-13-7-9-14(21-2)10-8-13/h7-10H,3-6,11H2,1-2H3,(H,18,19,20). The zero-order valence-corrected chi connectivity index (χ0v) is 12.6. The minimum Gasteiger partial charge on any atom is -0.497 e. The lowest BCUT2D eigenvalue weighted by Crippen LogP contribution is -2.13. The zero-order valence-electron chi connectivity index (χ0n) is 12.6. The number of fused-ring (bicyclic) bond motifs is 1. The first-order valence-corrected chi connectivity index (χ1v) is 7.49. The van der Waals surface area contributed by atoms with Crippen LogP contribution in [0.2, 0.25) is 0 Å². The maximum atomic E-state index is 5.18. The Morgan fingerprint density at radius 2 is 1.86 bits per heavy atom. The summed E-state index contributed by atoms with van der Waals surface area (Å²) in [5.41, 5.74) is 3.75. The molecule has 0 fully saturated rings. The van der Waals surface area contributed by atoms with Crippen LogP contribution in [0, 0.1) is 6.92 Å². The Morgan fingerprint density at radius 3 is 2.62 bits per heavy atom. The van der Waals surface area contributed by atoms with Gasteiger partial charge in [0, 0.05) is 17.8 Å². The van der Waals surface area contributed by atoms with Crippen LogP contribution in [0.5, 0.6) is 5.75 Å². The van der Waals surface area contributed by atoms with Crippen LogP contribution in [0.25, 0.3) is 0 Å². The Bertz CT molecular complexity index is 623. The summed E-state index contributed by atoms with van der Waals surface area (Å²) in [6, 6.07) is 8.12. The first kappa shape index (κ1) is 13.9. The maximum absolute atomic E-state index is 5.18. The van der Waals surface area contributed by atoms with E-state index in [0.717, 1.165) is 36.8 Å². The van der Waals surface area contributed by atoms with Crippen LogP contribution in [-0.4, -0.2) is 17.1 Å². The van der Waals surface area contributed by atoms with E-state index in [0.29, 0.717) is 0 Å². The number of ether oxygens (including phenoxy) is 1. The van der Waals surface area contributed by atoms with Crippen LogP contribution in [0.15, 0.2) is 24.3 Å². The summed E-state index contributed by atoms with van der Waals surface area (Å²) in [7, 11) is 1.68. The molecule has 1 aliphatic carbocycles. The molecule has 4 nitrogen and oxygen atoms in total. The van der Waals surface area contributed by atoms with Crippen LogP contribution in [0.4, 0.5) is 5.82 Å². The summed E-state index contributed by atoms with van der Waals surface area (Å²) in [6.07, 6.45) is 4.63. The van der Waals surface area contributed by atoms with Gasteiger partial charge in [-0.3, -0.25) is 0 Å². The van der Waals surface area contributed by atoms with Crippen molar-refractivity contribution in [1.82, 2.24) is 9.97 Å². The van der Waals surface area contributed by atoms with E-state index in [2.05, 4.69) is 27.4 Å². The molecule has 0 unspecified atom stereocenters. The Labute approximate surface area is 125 Å². The molecule has 1 heterocycles. The number of methoxy groups -OCH3 is 1. The summed E-state index contributed by atoms with van der Waals surface area (Å²) in [4.78, 5) is 9.17. The number of hydrogen-bond acceptors (Lipinski definition) is 4. The van der Waals surface area contributed by atoms with Crippen molar-refractivity contribution in [2.75, 3.05) is 12.4 Å². The normalized spacial score (nSPS) is 13.6. The SMILES string of the molecule is COc1ccc(CNc2nc(C)nc3c2CCCC3)cc1. The van der Waals surface area contributed by atoms with Gasteiger partial charge < -0.3 is 10.1 Å². The lowest BCUT2D eigenvalue weighted by molar-refractivity contribution is 0.414. The number of benzene rings is 1. The molecule has 0 saturated carbocycles. The predicted molar refractivity (Wildman–Crippen MR) is 83.7 cm³/mol. The number of rotatable bonds is 4. The molecule has 4 heteroatoms. The van der Waals surface area contributed by atoms with E-state index < -0.39 is 0 Å². The van der Waals surface area contributed by atoms with Gasteiger partial charge in [-0.05, 0) is 50.3 Å². The zero-order chi connectivity index (χ0) is 14.7. The van der Waals surface area contributed by atoms with Crippen molar-refractivity contribution in [3.05, 3.63) is 46.9 Å². The van der Waals surface area contributed by atoms with E-state index >= 15 is 0 Å². The summed E-state index contributed by atoms with van der Waals surface area (Å²) in [6.45, 7) is 2.74. The van der Waals surface area contributed by atoms with Gasteiger partial charge in [0.2, 0.25) is 0 Å². The average Bonchev–Trinajstić information content (AvgIpc) is 2.53. The Morgan fingerprint density at radius 1 is 1.10 bits per heavy atom. The van der Waals surface area contributed by atoms with Crippen LogP contribution >= 0.6 is 0 Å². The molecule has 2 aromatic rings. The fourth-order valence-electron chi connectivity index (χ4n) is 2.79. The van der Waals surface area contributed by atoms with Gasteiger partial charge in [0.1, 0.15) is 17.4 Å². The second-order valence-corrected chi connectivity index (χ2v) is 5.45. The highest BCUT2D eigenvalue weighted by Crippen LogP contribution is 2.25. The van der Waals surface area contributed by atoms with Crippen LogP contribution in [0.3, 0.4) is 0 Å². The van der Waals surface area contributed by atoms with Crippen LogP contribution < -0.4 is 10.1 Å². The predicted octanol–water partition coefficient (Wildman–Crippen LogP) is 3.28. The topological polar surface area (TPSA) is 47.0 Å². The molecular weight excluding hydrogens is 262 g/mol. The quantitative estimate of drug-likeness (QED) is 0.935. The molecule has 3 rings (SSSR count).